The minimum atomic E-state index is -3.67. The van der Waals surface area contributed by atoms with Crippen LogP contribution in [0.25, 0.3) is 23.0 Å². The van der Waals surface area contributed by atoms with E-state index in [4.69, 9.17) is 4.74 Å². The van der Waals surface area contributed by atoms with Gasteiger partial charge in [0.15, 0.2) is 0 Å². The number of rotatable bonds is 8. The fraction of sp³-hybridized carbons (Fsp3) is 0.269. The first-order valence-electron chi connectivity index (χ1n) is 11.5. The molecule has 1 aromatic heterocycles. The van der Waals surface area contributed by atoms with Crippen LogP contribution in [0, 0.1) is 11.3 Å². The molecular weight excluding hydrogens is 478 g/mol. The number of benzene rings is 2. The Morgan fingerprint density at radius 1 is 1.25 bits per heavy atom. The number of carbonyl (C=O) groups excluding carboxylic acids is 1. The lowest BCUT2D eigenvalue weighted by atomic mass is 10.1. The molecule has 0 aliphatic carbocycles. The summed E-state index contributed by atoms with van der Waals surface area (Å²) in [5.41, 5.74) is 2.17. The highest BCUT2D eigenvalue weighted by atomic mass is 32.2. The number of hydrogen-bond donors (Lipinski definition) is 1. The summed E-state index contributed by atoms with van der Waals surface area (Å²) < 4.78 is 33.7. The minimum absolute atomic E-state index is 0.0494. The van der Waals surface area contributed by atoms with Gasteiger partial charge in [0.25, 0.3) is 5.91 Å². The van der Waals surface area contributed by atoms with Gasteiger partial charge in [-0.2, -0.15) is 10.4 Å². The second kappa shape index (κ2) is 10.9. The predicted octanol–water partition coefficient (Wildman–Crippen LogP) is 2.99. The van der Waals surface area contributed by atoms with E-state index in [1.807, 2.05) is 36.4 Å². The standard InChI is InChI=1S/C26H27N5O4S/c1-30(2)36(33,34)24-12-6-8-19(15-24)25-21(18-31(29-25)22-9-4-3-5-10-22)14-20(16-27)26(32)28-17-23-11-7-13-35-23/h3-6,8-10,12,14-15,18,23H,7,11,13,17H2,1-2H3,(H,28,32)/b20-14-/t23-/m0/s1. The van der Waals surface area contributed by atoms with Crippen molar-refractivity contribution in [2.75, 3.05) is 27.2 Å². The number of nitrogens with one attached hydrogen (secondary N) is 1. The van der Waals surface area contributed by atoms with E-state index in [2.05, 4.69) is 10.4 Å². The lowest BCUT2D eigenvalue weighted by Crippen LogP contribution is -2.32. The number of nitriles is 1. The summed E-state index contributed by atoms with van der Waals surface area (Å²) in [6.45, 7) is 1.00. The Bertz CT molecular complexity index is 1420. The second-order valence-corrected chi connectivity index (χ2v) is 10.7. The Balaban J connectivity index is 1.75. The first kappa shape index (κ1) is 25.3. The minimum Gasteiger partial charge on any atom is -0.376 e. The first-order valence-corrected chi connectivity index (χ1v) is 12.9. The third-order valence-electron chi connectivity index (χ3n) is 5.83. The van der Waals surface area contributed by atoms with E-state index in [0.717, 1.165) is 22.8 Å². The van der Waals surface area contributed by atoms with Gasteiger partial charge in [-0.15, -0.1) is 0 Å². The molecule has 1 N–H and O–H groups in total. The first-order chi connectivity index (χ1) is 17.3. The molecule has 10 heteroatoms. The third kappa shape index (κ3) is 5.54. The molecule has 1 aliphatic heterocycles. The third-order valence-corrected chi connectivity index (χ3v) is 7.64. The molecule has 1 amide bonds. The molecule has 2 heterocycles. The highest BCUT2D eigenvalue weighted by Gasteiger charge is 2.21. The maximum Gasteiger partial charge on any atom is 0.262 e. The van der Waals surface area contributed by atoms with Crippen molar-refractivity contribution in [3.63, 3.8) is 0 Å². The molecule has 4 rings (SSSR count). The van der Waals surface area contributed by atoms with Crippen molar-refractivity contribution in [1.82, 2.24) is 19.4 Å². The van der Waals surface area contributed by atoms with Gasteiger partial charge in [-0.1, -0.05) is 30.3 Å². The Kier molecular flexibility index (Phi) is 7.64. The lowest BCUT2D eigenvalue weighted by molar-refractivity contribution is -0.117. The fourth-order valence-electron chi connectivity index (χ4n) is 3.86. The van der Waals surface area contributed by atoms with Crippen LogP contribution in [-0.2, 0) is 19.6 Å². The zero-order chi connectivity index (χ0) is 25.7. The molecule has 3 aromatic rings. The van der Waals surface area contributed by atoms with Crippen LogP contribution in [0.1, 0.15) is 18.4 Å². The van der Waals surface area contributed by atoms with Gasteiger partial charge < -0.3 is 10.1 Å². The zero-order valence-electron chi connectivity index (χ0n) is 20.1. The number of nitrogens with zero attached hydrogens (tertiary/aromatic N) is 4. The highest BCUT2D eigenvalue weighted by molar-refractivity contribution is 7.89. The monoisotopic (exact) mass is 505 g/mol. The molecule has 1 saturated heterocycles. The topological polar surface area (TPSA) is 117 Å². The molecule has 36 heavy (non-hydrogen) atoms. The van der Waals surface area contributed by atoms with Crippen molar-refractivity contribution in [1.29, 1.82) is 5.26 Å². The van der Waals surface area contributed by atoms with Crippen molar-refractivity contribution in [2.45, 2.75) is 23.8 Å². The Morgan fingerprint density at radius 2 is 2.03 bits per heavy atom. The van der Waals surface area contributed by atoms with E-state index in [-0.39, 0.29) is 16.6 Å². The van der Waals surface area contributed by atoms with Gasteiger partial charge in [0.2, 0.25) is 10.0 Å². The summed E-state index contributed by atoms with van der Waals surface area (Å²) in [4.78, 5) is 12.9. The largest absolute Gasteiger partial charge is 0.376 e. The molecule has 1 fully saturated rings. The normalized spacial score (nSPS) is 16.2. The van der Waals surface area contributed by atoms with Gasteiger partial charge in [-0.05, 0) is 43.2 Å². The van der Waals surface area contributed by atoms with Gasteiger partial charge in [0.1, 0.15) is 17.3 Å². The van der Waals surface area contributed by atoms with Crippen molar-refractivity contribution >= 4 is 22.0 Å². The van der Waals surface area contributed by atoms with E-state index >= 15 is 0 Å². The Hall–Kier alpha value is -3.78. The average Bonchev–Trinajstić information content (AvgIpc) is 3.56. The summed E-state index contributed by atoms with van der Waals surface area (Å²) in [5, 5.41) is 17.2. The van der Waals surface area contributed by atoms with Gasteiger partial charge in [0, 0.05) is 44.6 Å². The lowest BCUT2D eigenvalue weighted by Gasteiger charge is -2.12. The zero-order valence-corrected chi connectivity index (χ0v) is 20.9. The second-order valence-electron chi connectivity index (χ2n) is 8.54. The maximum atomic E-state index is 12.8. The van der Waals surface area contributed by atoms with Gasteiger partial charge >= 0.3 is 0 Å². The number of sulfonamides is 1. The number of hydrogen-bond acceptors (Lipinski definition) is 6. The van der Waals surface area contributed by atoms with E-state index in [1.54, 1.807) is 23.0 Å². The molecular formula is C26H27N5O4S. The smallest absolute Gasteiger partial charge is 0.262 e. The molecule has 1 aliphatic rings. The molecule has 0 bridgehead atoms. The highest BCUT2D eigenvalue weighted by Crippen LogP contribution is 2.28. The van der Waals surface area contributed by atoms with Crippen LogP contribution < -0.4 is 5.32 Å². The molecule has 9 nitrogen and oxygen atoms in total. The molecule has 1 atom stereocenters. The van der Waals surface area contributed by atoms with Crippen LogP contribution in [0.15, 0.2) is 71.3 Å². The van der Waals surface area contributed by atoms with Crippen LogP contribution in [-0.4, -0.2) is 61.8 Å². The van der Waals surface area contributed by atoms with Crippen molar-refractivity contribution in [2.24, 2.45) is 0 Å². The maximum absolute atomic E-state index is 12.8. The van der Waals surface area contributed by atoms with Crippen LogP contribution in [0.3, 0.4) is 0 Å². The number of aromatic nitrogens is 2. The molecule has 2 aromatic carbocycles. The summed E-state index contributed by atoms with van der Waals surface area (Å²) in [6.07, 6.45) is 4.95. The van der Waals surface area contributed by atoms with Gasteiger partial charge in [-0.3, -0.25) is 4.79 Å². The number of carbonyl (C=O) groups is 1. The SMILES string of the molecule is CN(C)S(=O)(=O)c1cccc(-c2nn(-c3ccccc3)cc2/C=C(/C#N)C(=O)NC[C@@H]2CCCO2)c1. The van der Waals surface area contributed by atoms with Crippen molar-refractivity contribution in [3.05, 3.63) is 71.9 Å². The average molecular weight is 506 g/mol. The summed E-state index contributed by atoms with van der Waals surface area (Å²) in [5.74, 6) is -0.504. The number of amides is 1. The van der Waals surface area contributed by atoms with Crippen LogP contribution in [0.5, 0.6) is 0 Å². The molecule has 0 radical (unpaired) electrons. The Labute approximate surface area is 210 Å². The van der Waals surface area contributed by atoms with E-state index in [0.29, 0.717) is 30.0 Å². The van der Waals surface area contributed by atoms with E-state index < -0.39 is 15.9 Å². The van der Waals surface area contributed by atoms with E-state index in [1.165, 1.54) is 32.3 Å². The molecule has 186 valence electrons. The quantitative estimate of drug-likeness (QED) is 0.372. The van der Waals surface area contributed by atoms with Gasteiger partial charge in [0.05, 0.1) is 16.7 Å². The number of ether oxygens (including phenoxy) is 1. The van der Waals surface area contributed by atoms with E-state index in [9.17, 15) is 18.5 Å². The molecule has 0 unspecified atom stereocenters. The van der Waals surface area contributed by atoms with Crippen LogP contribution >= 0.6 is 0 Å². The molecule has 0 spiro atoms. The van der Waals surface area contributed by atoms with Crippen LogP contribution in [0.4, 0.5) is 0 Å². The summed E-state index contributed by atoms with van der Waals surface area (Å²) >= 11 is 0. The fourth-order valence-corrected chi connectivity index (χ4v) is 4.80. The Morgan fingerprint density at radius 3 is 2.69 bits per heavy atom. The number of para-hydroxylation sites is 1. The van der Waals surface area contributed by atoms with Crippen LogP contribution in [0.2, 0.25) is 0 Å². The van der Waals surface area contributed by atoms with Crippen molar-refractivity contribution < 1.29 is 17.9 Å². The summed E-state index contributed by atoms with van der Waals surface area (Å²) in [6, 6.07) is 17.8. The predicted molar refractivity (Wildman–Crippen MR) is 135 cm³/mol. The molecule has 0 saturated carbocycles. The summed E-state index contributed by atoms with van der Waals surface area (Å²) in [7, 11) is -0.733. The van der Waals surface area contributed by atoms with Gasteiger partial charge in [-0.25, -0.2) is 17.4 Å². The van der Waals surface area contributed by atoms with Crippen molar-refractivity contribution in [3.8, 4) is 23.0 Å².